The van der Waals surface area contributed by atoms with E-state index >= 15 is 0 Å². The van der Waals surface area contributed by atoms with E-state index in [4.69, 9.17) is 4.74 Å². The predicted molar refractivity (Wildman–Crippen MR) is 113 cm³/mol. The molecule has 0 saturated carbocycles. The zero-order valence-electron chi connectivity index (χ0n) is 15.7. The highest BCUT2D eigenvalue weighted by Crippen LogP contribution is 2.17. The van der Waals surface area contributed by atoms with Crippen LogP contribution in [0.1, 0.15) is 48.2 Å². The number of Topliss-reactive ketones (excluding diaryl/α,β-unsaturated/α-hetero) is 1. The number of hydrogen-bond donors (Lipinski definition) is 2. The van der Waals surface area contributed by atoms with Gasteiger partial charge in [0.05, 0.1) is 12.7 Å². The molecular weight excluding hydrogens is 406 g/mol. The van der Waals surface area contributed by atoms with Gasteiger partial charge in [0.15, 0.2) is 5.78 Å². The zero-order valence-corrected chi connectivity index (χ0v) is 17.3. The fourth-order valence-electron chi connectivity index (χ4n) is 2.73. The van der Waals surface area contributed by atoms with Crippen LogP contribution in [0.15, 0.2) is 54.6 Å². The molecule has 2 unspecified atom stereocenters. The van der Waals surface area contributed by atoms with Crippen LogP contribution < -0.4 is 10.1 Å². The Bertz CT molecular complexity index is 676. The van der Waals surface area contributed by atoms with Crippen LogP contribution in [0.4, 0.5) is 0 Å². The fourth-order valence-corrected chi connectivity index (χ4v) is 3.13. The van der Waals surface area contributed by atoms with Crippen molar-refractivity contribution in [3.8, 4) is 5.75 Å². The minimum absolute atomic E-state index is 0.0785. The topological polar surface area (TPSA) is 58.6 Å². The summed E-state index contributed by atoms with van der Waals surface area (Å²) in [6.45, 7) is 3.13. The summed E-state index contributed by atoms with van der Waals surface area (Å²) in [4.78, 5) is 12.3. The first-order valence-corrected chi connectivity index (χ1v) is 10.5. The minimum Gasteiger partial charge on any atom is -0.494 e. The van der Waals surface area contributed by atoms with E-state index in [-0.39, 0.29) is 11.8 Å². The van der Waals surface area contributed by atoms with Gasteiger partial charge in [-0.25, -0.2) is 0 Å². The lowest BCUT2D eigenvalue weighted by Gasteiger charge is -2.20. The number of nitrogens with one attached hydrogen (secondary N) is 1. The Labute approximate surface area is 170 Å². The van der Waals surface area contributed by atoms with Crippen LogP contribution in [0.25, 0.3) is 0 Å². The lowest BCUT2D eigenvalue weighted by molar-refractivity contribution is 0.0972. The number of carbonyl (C=O) groups is 1. The van der Waals surface area contributed by atoms with Crippen molar-refractivity contribution in [3.05, 3.63) is 65.7 Å². The smallest absolute Gasteiger partial charge is 0.164 e. The van der Waals surface area contributed by atoms with Gasteiger partial charge in [-0.3, -0.25) is 4.79 Å². The average Bonchev–Trinajstić information content (AvgIpc) is 2.71. The van der Waals surface area contributed by atoms with Crippen molar-refractivity contribution in [3.63, 3.8) is 0 Å². The van der Waals surface area contributed by atoms with Crippen molar-refractivity contribution in [1.29, 1.82) is 0 Å². The van der Waals surface area contributed by atoms with Crippen molar-refractivity contribution in [2.75, 3.05) is 18.5 Å². The van der Waals surface area contributed by atoms with Gasteiger partial charge in [-0.2, -0.15) is 0 Å². The maximum Gasteiger partial charge on any atom is 0.164 e. The van der Waals surface area contributed by atoms with E-state index in [0.717, 1.165) is 29.5 Å². The van der Waals surface area contributed by atoms with Gasteiger partial charge in [0.1, 0.15) is 5.75 Å². The summed E-state index contributed by atoms with van der Waals surface area (Å²) < 4.78 is 5.65. The second-order valence-electron chi connectivity index (χ2n) is 6.54. The summed E-state index contributed by atoms with van der Waals surface area (Å²) in [5.41, 5.74) is 1.55. The second kappa shape index (κ2) is 11.9. The number of aliphatic hydroxyl groups is 1. The quantitative estimate of drug-likeness (QED) is 0.293. The Balaban J connectivity index is 1.73. The summed E-state index contributed by atoms with van der Waals surface area (Å²) >= 11 is 3.40. The summed E-state index contributed by atoms with van der Waals surface area (Å²) in [6, 6.07) is 16.7. The summed E-state index contributed by atoms with van der Waals surface area (Å²) in [5, 5.41) is 14.6. The molecule has 0 spiro atoms. The van der Waals surface area contributed by atoms with Crippen LogP contribution in [-0.2, 0) is 0 Å². The third kappa shape index (κ3) is 7.45. The van der Waals surface area contributed by atoms with Gasteiger partial charge in [0.2, 0.25) is 0 Å². The van der Waals surface area contributed by atoms with E-state index in [1.54, 1.807) is 0 Å². The number of alkyl halides is 1. The average molecular weight is 434 g/mol. The van der Waals surface area contributed by atoms with Gasteiger partial charge in [0, 0.05) is 29.9 Å². The lowest BCUT2D eigenvalue weighted by Crippen LogP contribution is -2.33. The maximum atomic E-state index is 12.3. The maximum absolute atomic E-state index is 12.3. The first-order chi connectivity index (χ1) is 13.1. The Kier molecular flexibility index (Phi) is 9.53. The summed E-state index contributed by atoms with van der Waals surface area (Å²) in [6.07, 6.45) is 1.88. The minimum atomic E-state index is -0.595. The third-order valence-electron chi connectivity index (χ3n) is 4.41. The monoisotopic (exact) mass is 433 g/mol. The standard InChI is InChI=1S/C22H28BrNO3/c1-17(22(26)19-7-3-2-4-8-19)24-15-13-21(25)18-9-11-20(12-10-18)27-16-6-5-14-23/h2-4,7-12,17,22,24,26H,5-6,13-16H2,1H3. The molecule has 2 aromatic rings. The van der Waals surface area contributed by atoms with Crippen molar-refractivity contribution in [2.24, 2.45) is 0 Å². The van der Waals surface area contributed by atoms with Crippen LogP contribution in [0.3, 0.4) is 0 Å². The molecule has 2 rings (SSSR count). The molecule has 0 heterocycles. The molecule has 0 amide bonds. The molecule has 0 fully saturated rings. The Hall–Kier alpha value is -1.69. The molecule has 5 heteroatoms. The molecule has 0 bridgehead atoms. The predicted octanol–water partition coefficient (Wildman–Crippen LogP) is 4.53. The molecule has 0 aliphatic carbocycles. The number of ketones is 1. The number of unbranched alkanes of at least 4 members (excludes halogenated alkanes) is 1. The van der Waals surface area contributed by atoms with Crippen molar-refractivity contribution >= 4 is 21.7 Å². The van der Waals surface area contributed by atoms with E-state index < -0.39 is 6.10 Å². The molecule has 4 nitrogen and oxygen atoms in total. The van der Waals surface area contributed by atoms with Gasteiger partial charge in [-0.05, 0) is 49.6 Å². The second-order valence-corrected chi connectivity index (χ2v) is 7.33. The molecule has 0 aromatic heterocycles. The Morgan fingerprint density at radius 1 is 1.11 bits per heavy atom. The third-order valence-corrected chi connectivity index (χ3v) is 4.97. The molecule has 0 aliphatic heterocycles. The first-order valence-electron chi connectivity index (χ1n) is 9.40. The van der Waals surface area contributed by atoms with Crippen molar-refractivity contribution in [1.82, 2.24) is 5.32 Å². The van der Waals surface area contributed by atoms with Crippen molar-refractivity contribution < 1.29 is 14.6 Å². The normalized spacial score (nSPS) is 13.1. The highest BCUT2D eigenvalue weighted by molar-refractivity contribution is 9.09. The lowest BCUT2D eigenvalue weighted by atomic mass is 10.0. The first kappa shape index (κ1) is 21.6. The Morgan fingerprint density at radius 2 is 1.81 bits per heavy atom. The van der Waals surface area contributed by atoms with Crippen LogP contribution in [0.5, 0.6) is 5.75 Å². The molecule has 0 radical (unpaired) electrons. The number of carbonyl (C=O) groups excluding carboxylic acids is 1. The van der Waals surface area contributed by atoms with Crippen LogP contribution in [-0.4, -0.2) is 35.4 Å². The molecule has 2 N–H and O–H groups in total. The number of ether oxygens (including phenoxy) is 1. The number of benzene rings is 2. The van der Waals surface area contributed by atoms with Gasteiger partial charge in [-0.1, -0.05) is 46.3 Å². The molecule has 2 atom stereocenters. The Morgan fingerprint density at radius 3 is 2.48 bits per heavy atom. The fraction of sp³-hybridized carbons (Fsp3) is 0.409. The highest BCUT2D eigenvalue weighted by Gasteiger charge is 2.16. The van der Waals surface area contributed by atoms with E-state index in [2.05, 4.69) is 21.2 Å². The highest BCUT2D eigenvalue weighted by atomic mass is 79.9. The number of hydrogen-bond acceptors (Lipinski definition) is 4. The summed E-state index contributed by atoms with van der Waals surface area (Å²) in [5.74, 6) is 0.869. The van der Waals surface area contributed by atoms with Gasteiger partial charge < -0.3 is 15.2 Å². The van der Waals surface area contributed by atoms with Crippen LogP contribution in [0.2, 0.25) is 0 Å². The zero-order chi connectivity index (χ0) is 19.5. The molecule has 27 heavy (non-hydrogen) atoms. The largest absolute Gasteiger partial charge is 0.494 e. The summed E-state index contributed by atoms with van der Waals surface area (Å²) in [7, 11) is 0. The van der Waals surface area contributed by atoms with Crippen LogP contribution in [0, 0.1) is 0 Å². The molecular formula is C22H28BrNO3. The van der Waals surface area contributed by atoms with E-state index in [0.29, 0.717) is 25.1 Å². The molecule has 0 aliphatic rings. The van der Waals surface area contributed by atoms with E-state index in [1.807, 2.05) is 61.5 Å². The molecule has 0 saturated heterocycles. The number of rotatable bonds is 12. The number of halogens is 1. The molecule has 146 valence electrons. The van der Waals surface area contributed by atoms with Crippen LogP contribution >= 0.6 is 15.9 Å². The molecule has 2 aromatic carbocycles. The number of aliphatic hydroxyl groups excluding tert-OH is 1. The van der Waals surface area contributed by atoms with Crippen molar-refractivity contribution in [2.45, 2.75) is 38.3 Å². The SMILES string of the molecule is CC(NCCC(=O)c1ccc(OCCCCBr)cc1)C(O)c1ccccc1. The van der Waals surface area contributed by atoms with Gasteiger partial charge >= 0.3 is 0 Å². The van der Waals surface area contributed by atoms with Gasteiger partial charge in [0.25, 0.3) is 0 Å². The van der Waals surface area contributed by atoms with E-state index in [9.17, 15) is 9.90 Å². The van der Waals surface area contributed by atoms with Gasteiger partial charge in [-0.15, -0.1) is 0 Å². The van der Waals surface area contributed by atoms with E-state index in [1.165, 1.54) is 0 Å².